The number of anilines is 1. The average Bonchev–Trinajstić information content (AvgIpc) is 3.67. The summed E-state index contributed by atoms with van der Waals surface area (Å²) in [6, 6.07) is 14.0. The van der Waals surface area contributed by atoms with Gasteiger partial charge in [-0.1, -0.05) is 83.9 Å². The number of fused-ring (bicyclic) bond motifs is 2. The Hall–Kier alpha value is -3.51. The van der Waals surface area contributed by atoms with Gasteiger partial charge in [-0.25, -0.2) is 0 Å². The Morgan fingerprint density at radius 2 is 1.77 bits per heavy atom. The van der Waals surface area contributed by atoms with E-state index >= 15 is 4.79 Å². The molecular weight excluding hydrogens is 702 g/mol. The monoisotopic (exact) mass is 739 g/mol. The highest BCUT2D eigenvalue weighted by Crippen LogP contribution is 2.59. The first-order valence-electron chi connectivity index (χ1n) is 16.3. The summed E-state index contributed by atoms with van der Waals surface area (Å²) in [4.78, 5) is 59.8. The number of halogens is 2. The normalized spacial score (nSPS) is 30.6. The van der Waals surface area contributed by atoms with E-state index in [0.717, 1.165) is 0 Å². The van der Waals surface area contributed by atoms with Crippen LogP contribution in [0.15, 0.2) is 77.3 Å². The van der Waals surface area contributed by atoms with Gasteiger partial charge in [0, 0.05) is 28.2 Å². The van der Waals surface area contributed by atoms with E-state index in [4.69, 9.17) is 21.1 Å². The topological polar surface area (TPSA) is 125 Å². The second kappa shape index (κ2) is 14.2. The number of amides is 3. The largest absolute Gasteiger partial charge is 0.455 e. The molecule has 0 aliphatic carbocycles. The highest BCUT2D eigenvalue weighted by molar-refractivity contribution is 9.11. The number of aliphatic hydroxyl groups is 1. The summed E-state index contributed by atoms with van der Waals surface area (Å²) in [5.41, 5.74) is -0.288. The molecule has 0 unspecified atom stereocenters. The number of cyclic esters (lactones) is 1. The van der Waals surface area contributed by atoms with Crippen LogP contribution in [0.25, 0.3) is 0 Å². The third-order valence-corrected chi connectivity index (χ3v) is 10.5. The zero-order valence-electron chi connectivity index (χ0n) is 26.8. The van der Waals surface area contributed by atoms with Gasteiger partial charge in [0.2, 0.25) is 11.8 Å². The summed E-state index contributed by atoms with van der Waals surface area (Å²) in [5.74, 6) is -3.86. The van der Waals surface area contributed by atoms with Crippen molar-refractivity contribution in [2.45, 2.75) is 63.0 Å². The highest BCUT2D eigenvalue weighted by Gasteiger charge is 2.75. The molecule has 2 aromatic carbocycles. The zero-order chi connectivity index (χ0) is 34.2. The molecule has 2 fully saturated rings. The lowest BCUT2D eigenvalue weighted by molar-refractivity contribution is -0.160. The van der Waals surface area contributed by atoms with Gasteiger partial charge >= 0.3 is 5.97 Å². The van der Waals surface area contributed by atoms with Gasteiger partial charge in [0.05, 0.1) is 25.1 Å². The van der Waals surface area contributed by atoms with Crippen molar-refractivity contribution < 1.29 is 33.8 Å². The van der Waals surface area contributed by atoms with Gasteiger partial charge in [-0.2, -0.15) is 0 Å². The van der Waals surface area contributed by atoms with Crippen LogP contribution in [0.4, 0.5) is 5.69 Å². The standard InChI is InChI=1S/C36H39BrClN3O7/c1-21(2)17-25(20-42)41-32-34(45)40(24-14-12-23(38)13-15-24)16-8-4-7-11-28(43)39-19-27(22-9-5-3-6-10-22)47-35(46)29-30(33(41)44)36(32)18-26(37)31(29)48-36/h3-6,8-10,12-15,18,21,25,27,29-32,42H,7,11,16-17,19-20H2,1-2H3,(H,39,43)/b8-4-/t25-,27+,29+,30-,31+,32+,36-/m1/s1. The lowest BCUT2D eigenvalue weighted by Crippen LogP contribution is -2.59. The lowest BCUT2D eigenvalue weighted by atomic mass is 9.74. The molecule has 0 aromatic heterocycles. The number of hydrogen-bond acceptors (Lipinski definition) is 7. The van der Waals surface area contributed by atoms with Crippen LogP contribution in [0.2, 0.25) is 5.02 Å². The Labute approximate surface area is 293 Å². The number of allylic oxidation sites excluding steroid dienone is 1. The Balaban J connectivity index is 1.48. The molecule has 7 atom stereocenters. The molecule has 4 aliphatic heterocycles. The summed E-state index contributed by atoms with van der Waals surface area (Å²) < 4.78 is 13.3. The number of carbonyl (C=O) groups is 4. The van der Waals surface area contributed by atoms with E-state index in [0.29, 0.717) is 33.6 Å². The van der Waals surface area contributed by atoms with E-state index in [-0.39, 0.29) is 37.9 Å². The van der Waals surface area contributed by atoms with Gasteiger partial charge < -0.3 is 29.7 Å². The van der Waals surface area contributed by atoms with E-state index in [1.54, 1.807) is 35.2 Å². The van der Waals surface area contributed by atoms with Crippen LogP contribution in [-0.4, -0.2) is 77.2 Å². The number of rotatable bonds is 6. The van der Waals surface area contributed by atoms with Crippen LogP contribution in [-0.2, 0) is 28.7 Å². The van der Waals surface area contributed by atoms with Gasteiger partial charge in [-0.3, -0.25) is 19.2 Å². The van der Waals surface area contributed by atoms with E-state index in [2.05, 4.69) is 21.2 Å². The molecule has 2 aromatic rings. The molecule has 2 N–H and O–H groups in total. The number of aliphatic hydroxyl groups excluding tert-OH is 1. The summed E-state index contributed by atoms with van der Waals surface area (Å²) in [5, 5.41) is 14.0. The van der Waals surface area contributed by atoms with Crippen molar-refractivity contribution in [1.82, 2.24) is 10.2 Å². The fourth-order valence-electron chi connectivity index (χ4n) is 7.43. The number of nitrogens with one attached hydrogen (secondary N) is 1. The first-order valence-corrected chi connectivity index (χ1v) is 17.5. The van der Waals surface area contributed by atoms with Crippen LogP contribution < -0.4 is 10.2 Å². The van der Waals surface area contributed by atoms with Crippen molar-refractivity contribution in [3.05, 3.63) is 87.9 Å². The fourth-order valence-corrected chi connectivity index (χ4v) is 8.29. The van der Waals surface area contributed by atoms with Crippen LogP contribution >= 0.6 is 27.5 Å². The predicted molar refractivity (Wildman–Crippen MR) is 183 cm³/mol. The van der Waals surface area contributed by atoms with Gasteiger partial charge in [-0.05, 0) is 54.7 Å². The Bertz CT molecular complexity index is 1620. The summed E-state index contributed by atoms with van der Waals surface area (Å²) in [6.07, 6.45) is 4.73. The Kier molecular flexibility index (Phi) is 10.1. The van der Waals surface area contributed by atoms with Crippen molar-refractivity contribution in [1.29, 1.82) is 0 Å². The summed E-state index contributed by atoms with van der Waals surface area (Å²) in [7, 11) is 0. The van der Waals surface area contributed by atoms with Crippen molar-refractivity contribution in [2.24, 2.45) is 17.8 Å². The first-order chi connectivity index (χ1) is 23.1. The number of likely N-dealkylation sites (tertiary alicyclic amines) is 1. The van der Waals surface area contributed by atoms with E-state index in [1.165, 1.54) is 4.90 Å². The number of benzene rings is 2. The number of carbonyl (C=O) groups excluding carboxylic acids is 4. The van der Waals surface area contributed by atoms with Crippen LogP contribution in [0.1, 0.15) is 44.8 Å². The second-order valence-electron chi connectivity index (χ2n) is 13.1. The third kappa shape index (κ3) is 6.33. The van der Waals surface area contributed by atoms with Crippen molar-refractivity contribution in [2.75, 3.05) is 24.6 Å². The fraction of sp³-hybridized carbons (Fsp3) is 0.444. The summed E-state index contributed by atoms with van der Waals surface area (Å²) >= 11 is 9.79. The molecule has 48 heavy (non-hydrogen) atoms. The highest BCUT2D eigenvalue weighted by atomic mass is 79.9. The summed E-state index contributed by atoms with van der Waals surface area (Å²) in [6.45, 7) is 3.75. The quantitative estimate of drug-likeness (QED) is 0.325. The molecule has 4 heterocycles. The molecule has 1 spiro atoms. The molecule has 0 saturated carbocycles. The minimum atomic E-state index is -1.51. The van der Waals surface area contributed by atoms with E-state index in [1.807, 2.05) is 56.3 Å². The van der Waals surface area contributed by atoms with Crippen molar-refractivity contribution >= 4 is 56.9 Å². The van der Waals surface area contributed by atoms with Gasteiger partial charge in [0.1, 0.15) is 29.8 Å². The smallest absolute Gasteiger partial charge is 0.313 e. The third-order valence-electron chi connectivity index (χ3n) is 9.53. The van der Waals surface area contributed by atoms with Crippen LogP contribution in [0.5, 0.6) is 0 Å². The Morgan fingerprint density at radius 3 is 2.46 bits per heavy atom. The van der Waals surface area contributed by atoms with Crippen molar-refractivity contribution in [3.63, 3.8) is 0 Å². The van der Waals surface area contributed by atoms with Gasteiger partial charge in [-0.15, -0.1) is 0 Å². The van der Waals surface area contributed by atoms with Crippen LogP contribution in [0.3, 0.4) is 0 Å². The minimum absolute atomic E-state index is 0.0376. The first kappa shape index (κ1) is 34.4. The maximum Gasteiger partial charge on any atom is 0.313 e. The molecule has 3 amide bonds. The molecule has 4 aliphatic rings. The second-order valence-corrected chi connectivity index (χ2v) is 14.5. The van der Waals surface area contributed by atoms with Gasteiger partial charge in [0.25, 0.3) is 5.91 Å². The molecule has 2 saturated heterocycles. The van der Waals surface area contributed by atoms with Crippen LogP contribution in [0, 0.1) is 17.8 Å². The van der Waals surface area contributed by atoms with Crippen molar-refractivity contribution in [3.8, 4) is 0 Å². The minimum Gasteiger partial charge on any atom is -0.455 e. The predicted octanol–water partition coefficient (Wildman–Crippen LogP) is 4.70. The average molecular weight is 741 g/mol. The molecular formula is C36H39BrClN3O7. The zero-order valence-corrected chi connectivity index (χ0v) is 29.1. The lowest BCUT2D eigenvalue weighted by Gasteiger charge is -2.39. The maximum absolute atomic E-state index is 15.0. The maximum atomic E-state index is 15.0. The van der Waals surface area contributed by atoms with Gasteiger partial charge in [0.15, 0.2) is 0 Å². The molecule has 12 heteroatoms. The SMILES string of the molecule is CC(C)C[C@H](CO)N1C(=O)[C@H]2[C@@H]3C(=O)O[C@H](c4ccccc4)CNC(=O)CC/C=C\CN(c4ccc(Cl)cc4)C(=O)[C@H]1[C@@]21C=C(Br)[C@@H]3O1. The molecule has 6 rings (SSSR count). The van der Waals surface area contributed by atoms with E-state index in [9.17, 15) is 19.5 Å². The number of esters is 1. The molecule has 5 bridgehead atoms. The molecule has 10 nitrogen and oxygen atoms in total. The Morgan fingerprint density at radius 1 is 1.04 bits per heavy atom. The van der Waals surface area contributed by atoms with E-state index < -0.39 is 59.5 Å². The number of nitrogens with zero attached hydrogens (tertiary/aromatic N) is 2. The number of hydrogen-bond donors (Lipinski definition) is 2. The molecule has 254 valence electrons. The molecule has 0 radical (unpaired) electrons. The number of ether oxygens (including phenoxy) is 2.